The zero-order valence-electron chi connectivity index (χ0n) is 18.2. The van der Waals surface area contributed by atoms with Crippen molar-refractivity contribution in [2.75, 3.05) is 20.2 Å². The zero-order valence-corrected chi connectivity index (χ0v) is 19.8. The van der Waals surface area contributed by atoms with Gasteiger partial charge in [0.2, 0.25) is 15.9 Å². The molecule has 176 valence electrons. The van der Waals surface area contributed by atoms with E-state index in [1.807, 2.05) is 6.07 Å². The van der Waals surface area contributed by atoms with E-state index < -0.39 is 34.5 Å². The number of rotatable bonds is 8. The highest BCUT2D eigenvalue weighted by atomic mass is 32.2. The molecule has 1 aliphatic rings. The average molecular weight is 500 g/mol. The third-order valence-corrected chi connectivity index (χ3v) is 8.44. The molecular weight excluding hydrogens is 478 g/mol. The number of nitriles is 1. The van der Waals surface area contributed by atoms with Gasteiger partial charge in [-0.2, -0.15) is 9.57 Å². The Morgan fingerprint density at radius 1 is 1.26 bits per heavy atom. The molecule has 0 radical (unpaired) electrons. The van der Waals surface area contributed by atoms with E-state index >= 15 is 0 Å². The molecule has 0 unspecified atom stereocenters. The Morgan fingerprint density at radius 2 is 2.03 bits per heavy atom. The average Bonchev–Trinajstić information content (AvgIpc) is 3.43. The van der Waals surface area contributed by atoms with Crippen LogP contribution in [0.15, 0.2) is 52.7 Å². The van der Waals surface area contributed by atoms with Gasteiger partial charge in [0.15, 0.2) is 0 Å². The van der Waals surface area contributed by atoms with Crippen molar-refractivity contribution in [3.05, 3.63) is 58.3 Å². The molecule has 0 bridgehead atoms. The number of thiophene rings is 1. The summed E-state index contributed by atoms with van der Waals surface area (Å²) in [5.41, 5.74) is 0.492. The van der Waals surface area contributed by atoms with E-state index in [1.54, 1.807) is 35.7 Å². The minimum absolute atomic E-state index is 0.0994. The predicted octanol–water partition coefficient (Wildman–Crippen LogP) is 2.66. The quantitative estimate of drug-likeness (QED) is 0.505. The number of hydrogen-bond acceptors (Lipinski definition) is 7. The van der Waals surface area contributed by atoms with Crippen LogP contribution in [0.5, 0.6) is 5.75 Å². The first-order chi connectivity index (χ1) is 16.2. The van der Waals surface area contributed by atoms with Gasteiger partial charge in [-0.15, -0.1) is 11.3 Å². The Hall–Kier alpha value is -3.46. The van der Waals surface area contributed by atoms with Crippen molar-refractivity contribution < 1.29 is 27.9 Å². The molecule has 9 nitrogen and oxygen atoms in total. The van der Waals surface area contributed by atoms with Crippen molar-refractivity contribution in [3.63, 3.8) is 0 Å². The third-order valence-electron chi connectivity index (χ3n) is 5.66. The molecule has 1 atom stereocenters. The fraction of sp³-hybridized carbons (Fsp3) is 0.261. The Morgan fingerprint density at radius 3 is 2.71 bits per heavy atom. The summed E-state index contributed by atoms with van der Waals surface area (Å²) >= 11 is 1.34. The minimum atomic E-state index is -4.30. The maximum atomic E-state index is 13.5. The lowest BCUT2D eigenvalue weighted by molar-refractivity contribution is -0.138. The molecule has 1 aromatic heterocycles. The number of carboxylic acid groups (broad SMARTS) is 1. The lowest BCUT2D eigenvalue weighted by atomic mass is 10.1. The molecule has 1 aliphatic heterocycles. The number of fused-ring (bicyclic) bond motifs is 1. The first kappa shape index (κ1) is 23.7. The Bertz CT molecular complexity index is 1410. The summed E-state index contributed by atoms with van der Waals surface area (Å²) in [5.74, 6) is -1.26. The van der Waals surface area contributed by atoms with Gasteiger partial charge in [-0.05, 0) is 47.5 Å². The fourth-order valence-electron chi connectivity index (χ4n) is 3.98. The number of carboxylic acids is 1. The molecule has 3 aromatic rings. The number of carbonyl (C=O) groups is 2. The summed E-state index contributed by atoms with van der Waals surface area (Å²) < 4.78 is 33.0. The Kier molecular flexibility index (Phi) is 6.56. The van der Waals surface area contributed by atoms with Crippen LogP contribution in [0.1, 0.15) is 16.9 Å². The summed E-state index contributed by atoms with van der Waals surface area (Å²) in [6.45, 7) is -0.317. The number of aliphatic carboxylic acids is 1. The highest BCUT2D eigenvalue weighted by Crippen LogP contribution is 2.29. The minimum Gasteiger partial charge on any atom is -0.497 e. The largest absolute Gasteiger partial charge is 0.497 e. The van der Waals surface area contributed by atoms with E-state index in [0.717, 1.165) is 14.6 Å². The van der Waals surface area contributed by atoms with Crippen molar-refractivity contribution in [3.8, 4) is 11.8 Å². The molecule has 11 heteroatoms. The van der Waals surface area contributed by atoms with Crippen LogP contribution in [0.25, 0.3) is 10.8 Å². The second kappa shape index (κ2) is 9.42. The normalized spacial score (nSPS) is 16.2. The second-order valence-corrected chi connectivity index (χ2v) is 10.7. The maximum Gasteiger partial charge on any atom is 0.318 e. The summed E-state index contributed by atoms with van der Waals surface area (Å²) in [5, 5.41) is 21.5. The number of sulfonamides is 1. The topological polar surface area (TPSA) is 128 Å². The van der Waals surface area contributed by atoms with Crippen molar-refractivity contribution >= 4 is 44.0 Å². The van der Waals surface area contributed by atoms with Gasteiger partial charge < -0.3 is 14.7 Å². The van der Waals surface area contributed by atoms with E-state index in [0.29, 0.717) is 16.7 Å². The molecule has 0 aliphatic carbocycles. The summed E-state index contributed by atoms with van der Waals surface area (Å²) in [4.78, 5) is 26.9. The lowest BCUT2D eigenvalue weighted by Gasteiger charge is -2.26. The first-order valence-corrected chi connectivity index (χ1v) is 12.6. The summed E-state index contributed by atoms with van der Waals surface area (Å²) in [6, 6.07) is 12.3. The summed E-state index contributed by atoms with van der Waals surface area (Å²) in [6.07, 6.45) is 0.170. The van der Waals surface area contributed by atoms with E-state index in [9.17, 15) is 23.1 Å². The molecule has 1 N–H and O–H groups in total. The highest BCUT2D eigenvalue weighted by molar-refractivity contribution is 7.89. The zero-order chi connectivity index (χ0) is 24.5. The van der Waals surface area contributed by atoms with Gasteiger partial charge in [-0.25, -0.2) is 8.42 Å². The molecule has 2 aromatic carbocycles. The van der Waals surface area contributed by atoms with Gasteiger partial charge in [0.1, 0.15) is 24.4 Å². The molecule has 1 fully saturated rings. The number of ether oxygens (including phenoxy) is 1. The SMILES string of the molecule is COc1ccc2ccc(S(=O)(=O)N(CC(=O)O)[C@H]3CCN(Cc4cc(C#N)cs4)C3=O)cc2c1. The van der Waals surface area contributed by atoms with E-state index in [1.165, 1.54) is 35.5 Å². The third kappa shape index (κ3) is 4.61. The molecule has 34 heavy (non-hydrogen) atoms. The number of methoxy groups -OCH3 is 1. The number of carbonyl (C=O) groups excluding carboxylic acids is 1. The van der Waals surface area contributed by atoms with Crippen LogP contribution in [-0.4, -0.2) is 60.8 Å². The van der Waals surface area contributed by atoms with Crippen LogP contribution in [0.3, 0.4) is 0 Å². The van der Waals surface area contributed by atoms with Crippen LogP contribution in [0, 0.1) is 11.3 Å². The maximum absolute atomic E-state index is 13.5. The number of likely N-dealkylation sites (tertiary alicyclic amines) is 1. The van der Waals surface area contributed by atoms with Crippen molar-refractivity contribution in [1.82, 2.24) is 9.21 Å². The van der Waals surface area contributed by atoms with Crippen molar-refractivity contribution in [2.24, 2.45) is 0 Å². The molecular formula is C23H21N3O6S2. The molecule has 2 heterocycles. The highest BCUT2D eigenvalue weighted by Gasteiger charge is 2.43. The summed E-state index contributed by atoms with van der Waals surface area (Å²) in [7, 11) is -2.79. The number of hydrogen-bond donors (Lipinski definition) is 1. The predicted molar refractivity (Wildman–Crippen MR) is 125 cm³/mol. The Balaban J connectivity index is 1.64. The number of amides is 1. The van der Waals surface area contributed by atoms with Gasteiger partial charge >= 0.3 is 5.97 Å². The smallest absolute Gasteiger partial charge is 0.318 e. The number of benzene rings is 2. The molecule has 4 rings (SSSR count). The molecule has 0 saturated carbocycles. The van der Waals surface area contributed by atoms with Crippen molar-refractivity contribution in [2.45, 2.75) is 23.9 Å². The van der Waals surface area contributed by atoms with Crippen LogP contribution in [0.4, 0.5) is 0 Å². The lowest BCUT2D eigenvalue weighted by Crippen LogP contribution is -2.47. The van der Waals surface area contributed by atoms with Gasteiger partial charge in [0.05, 0.1) is 24.1 Å². The van der Waals surface area contributed by atoms with Gasteiger partial charge in [0, 0.05) is 16.8 Å². The standard InChI is InChI=1S/C23H21N3O6S2/c1-32-18-4-2-16-3-5-20(10-17(16)9-18)34(30,31)26(13-22(27)28)21-6-7-25(23(21)29)12-19-8-15(11-24)14-33-19/h2-5,8-10,14,21H,6-7,12-13H2,1H3,(H,27,28)/t21-/m0/s1. The molecule has 1 saturated heterocycles. The van der Waals surface area contributed by atoms with Crippen LogP contribution >= 0.6 is 11.3 Å². The van der Waals surface area contributed by atoms with Gasteiger partial charge in [-0.1, -0.05) is 12.1 Å². The van der Waals surface area contributed by atoms with Crippen LogP contribution in [-0.2, 0) is 26.2 Å². The first-order valence-electron chi connectivity index (χ1n) is 10.3. The monoisotopic (exact) mass is 499 g/mol. The van der Waals surface area contributed by atoms with Gasteiger partial charge in [-0.3, -0.25) is 9.59 Å². The van der Waals surface area contributed by atoms with E-state index in [-0.39, 0.29) is 24.4 Å². The second-order valence-electron chi connectivity index (χ2n) is 7.80. The Labute approximate surface area is 200 Å². The van der Waals surface area contributed by atoms with Crippen molar-refractivity contribution in [1.29, 1.82) is 5.26 Å². The molecule has 0 spiro atoms. The van der Waals surface area contributed by atoms with Crippen LogP contribution < -0.4 is 4.74 Å². The fourth-order valence-corrected chi connectivity index (χ4v) is 6.40. The molecule has 1 amide bonds. The number of nitrogens with zero attached hydrogens (tertiary/aromatic N) is 3. The van der Waals surface area contributed by atoms with E-state index in [2.05, 4.69) is 0 Å². The van der Waals surface area contributed by atoms with E-state index in [4.69, 9.17) is 10.00 Å². The van der Waals surface area contributed by atoms with Gasteiger partial charge in [0.25, 0.3) is 0 Å². The van der Waals surface area contributed by atoms with Crippen LogP contribution in [0.2, 0.25) is 0 Å².